The Hall–Kier alpha value is -1.88. The third-order valence-electron chi connectivity index (χ3n) is 3.94. The van der Waals surface area contributed by atoms with Gasteiger partial charge in [0.25, 0.3) is 0 Å². The number of carbonyl (C=O) groups is 4. The van der Waals surface area contributed by atoms with E-state index in [0.717, 1.165) is 0 Å². The number of carboxylic acid groups (broad SMARTS) is 1. The summed E-state index contributed by atoms with van der Waals surface area (Å²) in [5.74, 6) is -4.41. The molecule has 1 amide bonds. The molecule has 26 heavy (non-hydrogen) atoms. The van der Waals surface area contributed by atoms with E-state index in [4.69, 9.17) is 21.7 Å². The minimum absolute atomic E-state index is 0.0795. The van der Waals surface area contributed by atoms with E-state index in [0.29, 0.717) is 0 Å². The van der Waals surface area contributed by atoms with Crippen LogP contribution in [0.25, 0.3) is 0 Å². The molecule has 150 valence electrons. The van der Waals surface area contributed by atoms with Crippen LogP contribution in [0.1, 0.15) is 26.2 Å². The zero-order valence-corrected chi connectivity index (χ0v) is 15.1. The van der Waals surface area contributed by atoms with Gasteiger partial charge in [-0.15, -0.1) is 0 Å². The molecule has 4 atom stereocenters. The van der Waals surface area contributed by atoms with E-state index in [1.54, 1.807) is 11.9 Å². The van der Waals surface area contributed by atoms with Crippen LogP contribution in [0, 0.1) is 11.8 Å². The van der Waals surface area contributed by atoms with Crippen LogP contribution in [0.5, 0.6) is 0 Å². The van der Waals surface area contributed by atoms with Crippen LogP contribution in [0.15, 0.2) is 0 Å². The first-order chi connectivity index (χ1) is 12.0. The van der Waals surface area contributed by atoms with Crippen molar-refractivity contribution in [2.24, 2.45) is 23.3 Å². The number of hydrogen-bond acceptors (Lipinski definition) is 8. The third kappa shape index (κ3) is 9.56. The molecule has 0 bridgehead atoms. The Labute approximate surface area is 152 Å². The quantitative estimate of drug-likeness (QED) is 0.223. The Bertz CT molecular complexity index is 510. The van der Waals surface area contributed by atoms with Crippen LogP contribution in [0.2, 0.25) is 0 Å². The monoisotopic (exact) mass is 375 g/mol. The van der Waals surface area contributed by atoms with E-state index in [2.05, 4.69) is 0 Å². The molecule has 0 aliphatic rings. The molecule has 0 radical (unpaired) electrons. The van der Waals surface area contributed by atoms with Gasteiger partial charge in [0.15, 0.2) is 5.78 Å². The van der Waals surface area contributed by atoms with Crippen LogP contribution >= 0.6 is 0 Å². The number of aliphatic hydroxyl groups is 2. The Morgan fingerprint density at radius 1 is 1.12 bits per heavy atom. The number of aliphatic hydroxyl groups excluding tert-OH is 2. The first kappa shape index (κ1) is 24.1. The summed E-state index contributed by atoms with van der Waals surface area (Å²) < 4.78 is 0. The summed E-state index contributed by atoms with van der Waals surface area (Å²) in [4.78, 5) is 47.6. The second kappa shape index (κ2) is 11.7. The SMILES string of the molecule is CC(O)[C@H](N)C(=O)CN(C)C[C@H](CC(N)=O)CC(=O)C[C@@H](CO)C(=O)O. The second-order valence-corrected chi connectivity index (χ2v) is 6.63. The molecule has 0 saturated carbocycles. The summed E-state index contributed by atoms with van der Waals surface area (Å²) in [7, 11) is 1.60. The summed E-state index contributed by atoms with van der Waals surface area (Å²) in [6.07, 6.45) is -1.56. The maximum absolute atomic E-state index is 12.0. The smallest absolute Gasteiger partial charge is 0.309 e. The molecule has 0 aromatic rings. The van der Waals surface area contributed by atoms with E-state index in [9.17, 15) is 24.3 Å². The number of carboxylic acids is 1. The van der Waals surface area contributed by atoms with Crippen molar-refractivity contribution in [2.75, 3.05) is 26.7 Å². The number of hydrogen-bond donors (Lipinski definition) is 5. The molecule has 0 aromatic carbocycles. The molecular weight excluding hydrogens is 346 g/mol. The molecule has 0 aliphatic carbocycles. The third-order valence-corrected chi connectivity index (χ3v) is 3.94. The average molecular weight is 375 g/mol. The van der Waals surface area contributed by atoms with Crippen molar-refractivity contribution in [3.8, 4) is 0 Å². The van der Waals surface area contributed by atoms with E-state index in [1.165, 1.54) is 6.92 Å². The van der Waals surface area contributed by atoms with Gasteiger partial charge in [0, 0.05) is 25.8 Å². The molecular formula is C16H29N3O7. The first-order valence-corrected chi connectivity index (χ1v) is 8.26. The number of likely N-dealkylation sites (N-methyl/N-ethyl adjacent to an activating group) is 1. The molecule has 0 rings (SSSR count). The fourth-order valence-corrected chi connectivity index (χ4v) is 2.54. The molecule has 0 saturated heterocycles. The van der Waals surface area contributed by atoms with Crippen LogP contribution in [0.3, 0.4) is 0 Å². The number of rotatable bonds is 14. The Morgan fingerprint density at radius 2 is 1.69 bits per heavy atom. The Kier molecular flexibility index (Phi) is 10.8. The number of amides is 1. The summed E-state index contributed by atoms with van der Waals surface area (Å²) >= 11 is 0. The van der Waals surface area contributed by atoms with Crippen LogP contribution in [-0.4, -0.2) is 82.6 Å². The van der Waals surface area contributed by atoms with Crippen molar-refractivity contribution < 1.29 is 34.5 Å². The first-order valence-electron chi connectivity index (χ1n) is 8.26. The minimum Gasteiger partial charge on any atom is -0.481 e. The Morgan fingerprint density at radius 3 is 2.12 bits per heavy atom. The molecule has 1 unspecified atom stereocenters. The van der Waals surface area contributed by atoms with Crippen molar-refractivity contribution in [1.29, 1.82) is 0 Å². The van der Waals surface area contributed by atoms with Crippen molar-refractivity contribution in [3.05, 3.63) is 0 Å². The highest BCUT2D eigenvalue weighted by Gasteiger charge is 2.25. The number of nitrogens with two attached hydrogens (primary N) is 2. The molecule has 0 aliphatic heterocycles. The van der Waals surface area contributed by atoms with Gasteiger partial charge >= 0.3 is 5.97 Å². The average Bonchev–Trinajstić information content (AvgIpc) is 2.50. The predicted octanol–water partition coefficient (Wildman–Crippen LogP) is -2.27. The predicted molar refractivity (Wildman–Crippen MR) is 91.9 cm³/mol. The van der Waals surface area contributed by atoms with E-state index in [1.807, 2.05) is 0 Å². The topological polar surface area (TPSA) is 184 Å². The summed E-state index contributed by atoms with van der Waals surface area (Å²) in [6, 6.07) is -1.03. The molecule has 0 fully saturated rings. The molecule has 10 heteroatoms. The van der Waals surface area contributed by atoms with Crippen LogP contribution in [0.4, 0.5) is 0 Å². The lowest BCUT2D eigenvalue weighted by Crippen LogP contribution is -2.46. The minimum atomic E-state index is -1.28. The molecule has 0 spiro atoms. The number of carbonyl (C=O) groups excluding carboxylic acids is 3. The normalized spacial score (nSPS) is 15.9. The van der Waals surface area contributed by atoms with E-state index in [-0.39, 0.29) is 32.4 Å². The van der Waals surface area contributed by atoms with Crippen LogP contribution < -0.4 is 11.5 Å². The number of primary amides is 1. The van der Waals surface area contributed by atoms with Crippen molar-refractivity contribution in [1.82, 2.24) is 4.90 Å². The standard InChI is InChI=1S/C16H29N3O7/c1-9(21)15(18)13(23)7-19(2)6-10(4-14(17)24)3-12(22)5-11(8-20)16(25)26/h9-11,15,20-21H,3-8,18H2,1-2H3,(H2,17,24)(H,25,26)/t9?,10-,11-,15-/m0/s1. The summed E-state index contributed by atoms with van der Waals surface area (Å²) in [5, 5.41) is 27.2. The largest absolute Gasteiger partial charge is 0.481 e. The van der Waals surface area contributed by atoms with Gasteiger partial charge in [0.1, 0.15) is 5.78 Å². The van der Waals surface area contributed by atoms with E-state index >= 15 is 0 Å². The molecule has 7 N–H and O–H groups in total. The van der Waals surface area contributed by atoms with Crippen LogP contribution in [-0.2, 0) is 19.2 Å². The lowest BCUT2D eigenvalue weighted by molar-refractivity contribution is -0.145. The van der Waals surface area contributed by atoms with Crippen molar-refractivity contribution in [3.63, 3.8) is 0 Å². The maximum Gasteiger partial charge on any atom is 0.309 e. The fourth-order valence-electron chi connectivity index (χ4n) is 2.54. The number of aliphatic carboxylic acids is 1. The highest BCUT2D eigenvalue weighted by atomic mass is 16.4. The molecule has 0 heterocycles. The Balaban J connectivity index is 4.78. The van der Waals surface area contributed by atoms with E-state index < -0.39 is 54.0 Å². The lowest BCUT2D eigenvalue weighted by Gasteiger charge is -2.24. The zero-order valence-electron chi connectivity index (χ0n) is 15.1. The number of nitrogens with zero attached hydrogens (tertiary/aromatic N) is 1. The van der Waals surface area contributed by atoms with Gasteiger partial charge in [-0.05, 0) is 19.9 Å². The van der Waals surface area contributed by atoms with Gasteiger partial charge in [-0.25, -0.2) is 0 Å². The highest BCUT2D eigenvalue weighted by Crippen LogP contribution is 2.15. The van der Waals surface area contributed by atoms with Gasteiger partial charge in [-0.3, -0.25) is 24.1 Å². The van der Waals surface area contributed by atoms with Gasteiger partial charge < -0.3 is 26.8 Å². The van der Waals surface area contributed by atoms with Gasteiger partial charge in [0.05, 0.1) is 31.2 Å². The van der Waals surface area contributed by atoms with Crippen molar-refractivity contribution in [2.45, 2.75) is 38.3 Å². The zero-order chi connectivity index (χ0) is 20.4. The molecule has 0 aromatic heterocycles. The second-order valence-electron chi connectivity index (χ2n) is 6.63. The van der Waals surface area contributed by atoms with Gasteiger partial charge in [-0.2, -0.15) is 0 Å². The maximum atomic E-state index is 12.0. The van der Waals surface area contributed by atoms with Gasteiger partial charge in [-0.1, -0.05) is 0 Å². The van der Waals surface area contributed by atoms with Gasteiger partial charge in [0.2, 0.25) is 5.91 Å². The lowest BCUT2D eigenvalue weighted by atomic mass is 9.93. The number of Topliss-reactive ketones (excluding diaryl/α,β-unsaturated/α-hetero) is 2. The fraction of sp³-hybridized carbons (Fsp3) is 0.750. The highest BCUT2D eigenvalue weighted by molar-refractivity contribution is 5.86. The number of ketones is 2. The van der Waals surface area contributed by atoms with Crippen molar-refractivity contribution >= 4 is 23.4 Å². The summed E-state index contributed by atoms with van der Waals surface area (Å²) in [6.45, 7) is 0.845. The molecule has 10 nitrogen and oxygen atoms in total. The summed E-state index contributed by atoms with van der Waals surface area (Å²) in [5.41, 5.74) is 10.8.